The van der Waals surface area contributed by atoms with Crippen molar-refractivity contribution in [3.8, 4) is 0 Å². The van der Waals surface area contributed by atoms with Crippen LogP contribution in [0.25, 0.3) is 0 Å². The molecule has 1 saturated carbocycles. The van der Waals surface area contributed by atoms with Crippen molar-refractivity contribution in [3.63, 3.8) is 0 Å². The third kappa shape index (κ3) is 4.39. The van der Waals surface area contributed by atoms with Crippen LogP contribution in [0.1, 0.15) is 38.8 Å². The Kier molecular flexibility index (Phi) is 5.61. The van der Waals surface area contributed by atoms with Crippen LogP contribution >= 0.6 is 11.3 Å². The van der Waals surface area contributed by atoms with Crippen molar-refractivity contribution >= 4 is 22.4 Å². The fourth-order valence-electron chi connectivity index (χ4n) is 3.32. The molecule has 1 aromatic rings. The molecule has 134 valence electrons. The fourth-order valence-corrected chi connectivity index (χ4v) is 4.07. The molecule has 1 aromatic heterocycles. The van der Waals surface area contributed by atoms with E-state index in [2.05, 4.69) is 39.7 Å². The van der Waals surface area contributed by atoms with Crippen LogP contribution in [0.5, 0.6) is 0 Å². The number of nitrogens with zero attached hydrogens (tertiary/aromatic N) is 4. The van der Waals surface area contributed by atoms with Crippen molar-refractivity contribution in [2.45, 2.75) is 57.8 Å². The minimum Gasteiger partial charge on any atom is -0.357 e. The molecular formula is C17H30N6S. The number of thiazole rings is 1. The summed E-state index contributed by atoms with van der Waals surface area (Å²) in [5.41, 5.74) is 1.03. The summed E-state index contributed by atoms with van der Waals surface area (Å²) in [6, 6.07) is 2.01. The third-order valence-corrected chi connectivity index (χ3v) is 5.70. The zero-order valence-electron chi connectivity index (χ0n) is 15.2. The van der Waals surface area contributed by atoms with E-state index >= 15 is 0 Å². The topological polar surface area (TPSA) is 55.8 Å². The Hall–Kier alpha value is -1.34. The van der Waals surface area contributed by atoms with E-state index in [-0.39, 0.29) is 0 Å². The highest BCUT2D eigenvalue weighted by molar-refractivity contribution is 7.13. The summed E-state index contributed by atoms with van der Waals surface area (Å²) in [5.74, 6) is 0.909. The van der Waals surface area contributed by atoms with E-state index in [1.54, 1.807) is 11.3 Å². The Bertz CT molecular complexity index is 565. The molecule has 6 nitrogen and oxygen atoms in total. The van der Waals surface area contributed by atoms with Gasteiger partial charge in [-0.25, -0.2) is 9.98 Å². The first kappa shape index (κ1) is 17.5. The molecule has 0 aromatic carbocycles. The van der Waals surface area contributed by atoms with Gasteiger partial charge in [-0.15, -0.1) is 11.3 Å². The van der Waals surface area contributed by atoms with Gasteiger partial charge in [0.15, 0.2) is 11.1 Å². The summed E-state index contributed by atoms with van der Waals surface area (Å²) in [5, 5.41) is 10.1. The van der Waals surface area contributed by atoms with Crippen molar-refractivity contribution in [2.24, 2.45) is 4.99 Å². The number of hydrogen-bond donors (Lipinski definition) is 2. The van der Waals surface area contributed by atoms with Crippen molar-refractivity contribution in [2.75, 3.05) is 32.1 Å². The predicted molar refractivity (Wildman–Crippen MR) is 102 cm³/mol. The van der Waals surface area contributed by atoms with Crippen LogP contribution in [0.2, 0.25) is 0 Å². The van der Waals surface area contributed by atoms with Gasteiger partial charge in [0.05, 0.1) is 12.2 Å². The lowest BCUT2D eigenvalue weighted by Crippen LogP contribution is -2.44. The molecule has 2 fully saturated rings. The minimum absolute atomic E-state index is 0.492. The second-order valence-corrected chi connectivity index (χ2v) is 7.90. The first-order valence-electron chi connectivity index (χ1n) is 8.99. The summed E-state index contributed by atoms with van der Waals surface area (Å²) < 4.78 is 0. The van der Waals surface area contributed by atoms with Crippen molar-refractivity contribution in [1.82, 2.24) is 20.5 Å². The van der Waals surface area contributed by atoms with Gasteiger partial charge in [-0.2, -0.15) is 0 Å². The Morgan fingerprint density at radius 2 is 2.25 bits per heavy atom. The number of nitrogens with one attached hydrogen (secondary N) is 2. The molecule has 2 unspecified atom stereocenters. The lowest BCUT2D eigenvalue weighted by atomic mass is 10.2. The van der Waals surface area contributed by atoms with E-state index in [1.807, 2.05) is 19.0 Å². The molecule has 7 heteroatoms. The molecule has 0 spiro atoms. The van der Waals surface area contributed by atoms with Crippen LogP contribution in [-0.2, 0) is 6.54 Å². The number of rotatable bonds is 6. The van der Waals surface area contributed by atoms with E-state index < -0.39 is 0 Å². The molecule has 2 heterocycles. The molecule has 2 N–H and O–H groups in total. The number of guanidine groups is 1. The van der Waals surface area contributed by atoms with Crippen LogP contribution in [0.15, 0.2) is 10.4 Å². The van der Waals surface area contributed by atoms with E-state index in [0.29, 0.717) is 18.6 Å². The van der Waals surface area contributed by atoms with Crippen molar-refractivity contribution in [1.29, 1.82) is 0 Å². The quantitative estimate of drug-likeness (QED) is 0.606. The van der Waals surface area contributed by atoms with Gasteiger partial charge in [0.1, 0.15) is 0 Å². The summed E-state index contributed by atoms with van der Waals surface area (Å²) in [6.07, 6.45) is 3.95. The summed E-state index contributed by atoms with van der Waals surface area (Å²) in [4.78, 5) is 14.0. The number of hydrogen-bond acceptors (Lipinski definition) is 5. The number of anilines is 1. The van der Waals surface area contributed by atoms with Gasteiger partial charge in [-0.05, 0) is 33.1 Å². The summed E-state index contributed by atoms with van der Waals surface area (Å²) in [7, 11) is 4.04. The minimum atomic E-state index is 0.492. The van der Waals surface area contributed by atoms with Crippen molar-refractivity contribution < 1.29 is 0 Å². The first-order chi connectivity index (χ1) is 11.6. The highest BCUT2D eigenvalue weighted by atomic mass is 32.1. The van der Waals surface area contributed by atoms with Crippen LogP contribution in [0, 0.1) is 0 Å². The van der Waals surface area contributed by atoms with Crippen LogP contribution in [0.4, 0.5) is 5.13 Å². The van der Waals surface area contributed by atoms with Gasteiger partial charge in [0.2, 0.25) is 0 Å². The first-order valence-corrected chi connectivity index (χ1v) is 9.87. The van der Waals surface area contributed by atoms with E-state index in [1.165, 1.54) is 19.3 Å². The highest BCUT2D eigenvalue weighted by Gasteiger charge is 2.38. The van der Waals surface area contributed by atoms with Gasteiger partial charge in [-0.3, -0.25) is 4.90 Å². The van der Waals surface area contributed by atoms with E-state index in [0.717, 1.165) is 35.9 Å². The lowest BCUT2D eigenvalue weighted by molar-refractivity contribution is 0.256. The maximum absolute atomic E-state index is 4.73. The maximum atomic E-state index is 4.73. The Balaban J connectivity index is 1.57. The Morgan fingerprint density at radius 1 is 1.46 bits per heavy atom. The molecule has 1 saturated heterocycles. The Morgan fingerprint density at radius 3 is 2.88 bits per heavy atom. The Labute approximate surface area is 149 Å². The molecule has 0 radical (unpaired) electrons. The smallest absolute Gasteiger partial charge is 0.191 e. The van der Waals surface area contributed by atoms with Crippen molar-refractivity contribution in [3.05, 3.63) is 11.1 Å². The van der Waals surface area contributed by atoms with Gasteiger partial charge in [0, 0.05) is 50.7 Å². The molecule has 0 amide bonds. The molecule has 2 aliphatic rings. The average molecular weight is 351 g/mol. The lowest BCUT2D eigenvalue weighted by Gasteiger charge is -2.20. The molecule has 3 rings (SSSR count). The number of aromatic nitrogens is 1. The second-order valence-electron chi connectivity index (χ2n) is 7.06. The SMILES string of the molecule is CCNC(=NCc1csc(N(C)C)n1)NC1CC(C)N(C2CC2)C1. The zero-order chi connectivity index (χ0) is 17.1. The van der Waals surface area contributed by atoms with Crippen LogP contribution in [-0.4, -0.2) is 61.2 Å². The standard InChI is InChI=1S/C17H30N6S/c1-5-18-16(19-9-14-11-24-17(21-14)22(3)4)20-13-8-12(2)23(10-13)15-6-7-15/h11-13,15H,5-10H2,1-4H3,(H2,18,19,20). The van der Waals surface area contributed by atoms with Gasteiger partial charge >= 0.3 is 0 Å². The normalized spacial score (nSPS) is 25.1. The van der Waals surface area contributed by atoms with Crippen LogP contribution < -0.4 is 15.5 Å². The average Bonchev–Trinajstić information content (AvgIpc) is 3.14. The number of likely N-dealkylation sites (tertiary alicyclic amines) is 1. The summed E-state index contributed by atoms with van der Waals surface area (Å²) >= 11 is 1.66. The number of aliphatic imine (C=N–C) groups is 1. The monoisotopic (exact) mass is 350 g/mol. The molecular weight excluding hydrogens is 320 g/mol. The maximum Gasteiger partial charge on any atom is 0.191 e. The van der Waals surface area contributed by atoms with E-state index in [4.69, 9.17) is 4.99 Å². The highest BCUT2D eigenvalue weighted by Crippen LogP contribution is 2.33. The second kappa shape index (κ2) is 7.70. The van der Waals surface area contributed by atoms with Gasteiger partial charge < -0.3 is 15.5 Å². The fraction of sp³-hybridized carbons (Fsp3) is 0.765. The van der Waals surface area contributed by atoms with Gasteiger partial charge in [0.25, 0.3) is 0 Å². The zero-order valence-corrected chi connectivity index (χ0v) is 16.1. The molecule has 0 bridgehead atoms. The van der Waals surface area contributed by atoms with Gasteiger partial charge in [-0.1, -0.05) is 0 Å². The predicted octanol–water partition coefficient (Wildman–Crippen LogP) is 1.89. The molecule has 24 heavy (non-hydrogen) atoms. The van der Waals surface area contributed by atoms with Crippen LogP contribution in [0.3, 0.4) is 0 Å². The van der Waals surface area contributed by atoms with E-state index in [9.17, 15) is 0 Å². The third-order valence-electron chi connectivity index (χ3n) is 4.65. The molecule has 1 aliphatic heterocycles. The summed E-state index contributed by atoms with van der Waals surface area (Å²) in [6.45, 7) is 7.09. The largest absolute Gasteiger partial charge is 0.357 e. The molecule has 2 atom stereocenters. The molecule has 1 aliphatic carbocycles.